The number of nitrogens with zero attached hydrogens (tertiary/aromatic N) is 1. The largest absolute Gasteiger partial charge is 0.490 e. The van der Waals surface area contributed by atoms with Crippen LogP contribution in [-0.2, 0) is 11.2 Å². The number of rotatable bonds is 3. The van der Waals surface area contributed by atoms with Crippen molar-refractivity contribution in [2.24, 2.45) is 0 Å². The van der Waals surface area contributed by atoms with E-state index in [1.54, 1.807) is 0 Å². The number of nitrogens with one attached hydrogen (secondary N) is 4. The molecule has 0 spiro atoms. The fourth-order valence-electron chi connectivity index (χ4n) is 4.07. The van der Waals surface area contributed by atoms with Gasteiger partial charge in [-0.05, 0) is 37.6 Å². The number of pyridine rings is 1. The summed E-state index contributed by atoms with van der Waals surface area (Å²) in [6.45, 7) is 2.75. The molecule has 3 aromatic rings. The fourth-order valence-corrected chi connectivity index (χ4v) is 4.07. The molecule has 1 saturated heterocycles. The van der Waals surface area contributed by atoms with Crippen LogP contribution in [0.25, 0.3) is 22.2 Å². The third kappa shape index (κ3) is 5.30. The van der Waals surface area contributed by atoms with Crippen molar-refractivity contribution in [2.75, 3.05) is 25.0 Å². The topological polar surface area (TPSA) is 119 Å². The van der Waals surface area contributed by atoms with Crippen LogP contribution in [0.4, 0.5) is 19.0 Å². The number of anilines is 1. The van der Waals surface area contributed by atoms with E-state index < -0.39 is 12.1 Å². The number of H-pyrrole nitrogens is 1. The summed E-state index contributed by atoms with van der Waals surface area (Å²) < 4.78 is 31.7. The van der Waals surface area contributed by atoms with E-state index in [0.29, 0.717) is 12.6 Å². The van der Waals surface area contributed by atoms with Crippen LogP contribution < -0.4 is 16.0 Å². The van der Waals surface area contributed by atoms with Gasteiger partial charge in [0.15, 0.2) is 0 Å². The number of aromatic amines is 1. The van der Waals surface area contributed by atoms with Gasteiger partial charge < -0.3 is 26.0 Å². The van der Waals surface area contributed by atoms with Crippen LogP contribution in [-0.4, -0.2) is 58.8 Å². The van der Waals surface area contributed by atoms with Gasteiger partial charge in [0.1, 0.15) is 5.82 Å². The molecule has 0 aliphatic carbocycles. The SMILES string of the molecule is O=C(O)C(F)(F)F.O=C1NCCc2[nH]c(-c3cccc4ccc(N[C@@H]5CCCNC5)nc34)cc21. The summed E-state index contributed by atoms with van der Waals surface area (Å²) in [5.74, 6) is -1.86. The normalized spacial score (nSPS) is 17.9. The number of hydrogen-bond donors (Lipinski definition) is 5. The maximum Gasteiger partial charge on any atom is 0.490 e. The third-order valence-electron chi connectivity index (χ3n) is 5.71. The first-order valence-corrected chi connectivity index (χ1v) is 10.9. The Morgan fingerprint density at radius 3 is 2.62 bits per heavy atom. The lowest BCUT2D eigenvalue weighted by atomic mass is 10.1. The van der Waals surface area contributed by atoms with Gasteiger partial charge in [0.25, 0.3) is 5.91 Å². The second-order valence-corrected chi connectivity index (χ2v) is 8.15. The summed E-state index contributed by atoms with van der Waals surface area (Å²) in [4.78, 5) is 29.4. The van der Waals surface area contributed by atoms with Gasteiger partial charge in [-0.15, -0.1) is 0 Å². The molecule has 1 aromatic carbocycles. The molecular weight excluding hydrogens is 451 g/mol. The zero-order valence-electron chi connectivity index (χ0n) is 18.1. The molecule has 1 atom stereocenters. The number of alkyl halides is 3. The predicted octanol–water partition coefficient (Wildman–Crippen LogP) is 3.31. The van der Waals surface area contributed by atoms with Gasteiger partial charge in [-0.1, -0.05) is 18.2 Å². The first kappa shape index (κ1) is 23.6. The number of hydrogen-bond acceptors (Lipinski definition) is 5. The lowest BCUT2D eigenvalue weighted by molar-refractivity contribution is -0.192. The van der Waals surface area contributed by atoms with Crippen LogP contribution >= 0.6 is 0 Å². The van der Waals surface area contributed by atoms with E-state index in [1.165, 1.54) is 6.42 Å². The van der Waals surface area contributed by atoms with Crippen molar-refractivity contribution in [2.45, 2.75) is 31.5 Å². The number of amides is 1. The van der Waals surface area contributed by atoms with E-state index in [-0.39, 0.29) is 5.91 Å². The van der Waals surface area contributed by atoms with Gasteiger partial charge in [-0.2, -0.15) is 13.2 Å². The van der Waals surface area contributed by atoms with Gasteiger partial charge >= 0.3 is 12.1 Å². The summed E-state index contributed by atoms with van der Waals surface area (Å²) >= 11 is 0. The van der Waals surface area contributed by atoms with Crippen LogP contribution in [0.15, 0.2) is 36.4 Å². The summed E-state index contributed by atoms with van der Waals surface area (Å²) in [6, 6.07) is 12.7. The predicted molar refractivity (Wildman–Crippen MR) is 121 cm³/mol. The lowest BCUT2D eigenvalue weighted by Gasteiger charge is -2.24. The Balaban J connectivity index is 0.000000344. The molecule has 0 unspecified atom stereocenters. The van der Waals surface area contributed by atoms with Crippen LogP contribution in [0.1, 0.15) is 28.9 Å². The van der Waals surface area contributed by atoms with E-state index in [9.17, 15) is 18.0 Å². The quantitative estimate of drug-likeness (QED) is 0.397. The molecule has 2 aliphatic rings. The Morgan fingerprint density at radius 2 is 1.94 bits per heavy atom. The van der Waals surface area contributed by atoms with Crippen molar-refractivity contribution in [3.8, 4) is 11.3 Å². The monoisotopic (exact) mass is 475 g/mol. The minimum absolute atomic E-state index is 0.000833. The van der Waals surface area contributed by atoms with Gasteiger partial charge in [0, 0.05) is 47.9 Å². The van der Waals surface area contributed by atoms with E-state index >= 15 is 0 Å². The lowest BCUT2D eigenvalue weighted by Crippen LogP contribution is -2.38. The number of benzene rings is 1. The van der Waals surface area contributed by atoms with E-state index in [0.717, 1.165) is 65.2 Å². The number of carbonyl (C=O) groups excluding carboxylic acids is 1. The smallest absolute Gasteiger partial charge is 0.475 e. The highest BCUT2D eigenvalue weighted by Crippen LogP contribution is 2.30. The number of para-hydroxylation sites is 1. The molecule has 2 aliphatic heterocycles. The Kier molecular flexibility index (Phi) is 6.73. The molecule has 34 heavy (non-hydrogen) atoms. The first-order chi connectivity index (χ1) is 16.2. The highest BCUT2D eigenvalue weighted by atomic mass is 19.4. The first-order valence-electron chi connectivity index (χ1n) is 10.9. The summed E-state index contributed by atoms with van der Waals surface area (Å²) in [5, 5.41) is 18.1. The zero-order chi connectivity index (χ0) is 24.3. The van der Waals surface area contributed by atoms with E-state index in [1.807, 2.05) is 18.2 Å². The Labute approximate surface area is 193 Å². The molecule has 5 rings (SSSR count). The molecule has 11 heteroatoms. The van der Waals surface area contributed by atoms with Crippen molar-refractivity contribution in [3.63, 3.8) is 0 Å². The van der Waals surface area contributed by atoms with Crippen LogP contribution in [0.2, 0.25) is 0 Å². The van der Waals surface area contributed by atoms with E-state index in [2.05, 4.69) is 39.1 Å². The highest BCUT2D eigenvalue weighted by Gasteiger charge is 2.38. The van der Waals surface area contributed by atoms with Gasteiger partial charge in [0.2, 0.25) is 0 Å². The molecule has 0 radical (unpaired) electrons. The van der Waals surface area contributed by atoms with Crippen molar-refractivity contribution in [1.29, 1.82) is 0 Å². The summed E-state index contributed by atoms with van der Waals surface area (Å²) in [7, 11) is 0. The molecule has 180 valence electrons. The van der Waals surface area contributed by atoms with Crippen LogP contribution in [0.5, 0.6) is 0 Å². The molecule has 1 amide bonds. The summed E-state index contributed by atoms with van der Waals surface area (Å²) in [6.07, 6.45) is -1.90. The van der Waals surface area contributed by atoms with Crippen molar-refractivity contribution in [1.82, 2.24) is 20.6 Å². The van der Waals surface area contributed by atoms with Gasteiger partial charge in [-0.3, -0.25) is 4.79 Å². The Morgan fingerprint density at radius 1 is 1.15 bits per heavy atom. The number of carbonyl (C=O) groups is 2. The minimum atomic E-state index is -5.08. The second kappa shape index (κ2) is 9.72. The maximum absolute atomic E-state index is 12.1. The number of fused-ring (bicyclic) bond motifs is 2. The molecule has 0 bridgehead atoms. The number of halogens is 3. The molecule has 5 N–H and O–H groups in total. The second-order valence-electron chi connectivity index (χ2n) is 8.15. The van der Waals surface area contributed by atoms with Crippen molar-refractivity contribution in [3.05, 3.63) is 47.7 Å². The van der Waals surface area contributed by atoms with Crippen LogP contribution in [0.3, 0.4) is 0 Å². The average molecular weight is 475 g/mol. The number of carboxylic acids is 1. The van der Waals surface area contributed by atoms with Crippen molar-refractivity contribution >= 4 is 28.6 Å². The molecule has 1 fully saturated rings. The van der Waals surface area contributed by atoms with Gasteiger partial charge in [0.05, 0.1) is 11.1 Å². The molecular formula is C23H24F3N5O3. The maximum atomic E-state index is 12.1. The third-order valence-corrected chi connectivity index (χ3v) is 5.71. The average Bonchev–Trinajstić information content (AvgIpc) is 3.25. The molecule has 2 aromatic heterocycles. The van der Waals surface area contributed by atoms with Crippen molar-refractivity contribution < 1.29 is 27.9 Å². The Bertz CT molecular complexity index is 1200. The standard InChI is InChI=1S/C21H23N5O.C2HF3O2/c27-21-16-11-18(25-17(16)8-10-23-21)15-5-1-3-13-6-7-19(26-20(13)15)24-14-4-2-9-22-12-14;3-2(4,5)1(6)7/h1,3,5-7,11,14,22,25H,2,4,8-10,12H2,(H,23,27)(H,24,26);(H,6,7)/t14-;/m1./s1. The molecule has 8 nitrogen and oxygen atoms in total. The fraction of sp³-hybridized carbons (Fsp3) is 0.348. The zero-order valence-corrected chi connectivity index (χ0v) is 18.1. The molecule has 0 saturated carbocycles. The number of carboxylic acid groups (broad SMARTS) is 1. The number of aliphatic carboxylic acids is 1. The van der Waals surface area contributed by atoms with Crippen LogP contribution in [0, 0.1) is 0 Å². The number of piperidine rings is 1. The van der Waals surface area contributed by atoms with Gasteiger partial charge in [-0.25, -0.2) is 9.78 Å². The van der Waals surface area contributed by atoms with E-state index in [4.69, 9.17) is 14.9 Å². The number of aromatic nitrogens is 2. The Hall–Kier alpha value is -3.60. The summed E-state index contributed by atoms with van der Waals surface area (Å²) in [5.41, 5.74) is 4.68. The highest BCUT2D eigenvalue weighted by molar-refractivity contribution is 6.00. The minimum Gasteiger partial charge on any atom is -0.475 e. The molecule has 4 heterocycles.